The summed E-state index contributed by atoms with van der Waals surface area (Å²) in [4.78, 5) is 28.3. The molecule has 0 aliphatic rings. The van der Waals surface area contributed by atoms with E-state index in [0.29, 0.717) is 5.75 Å². The van der Waals surface area contributed by atoms with Gasteiger partial charge in [-0.3, -0.25) is 4.79 Å². The van der Waals surface area contributed by atoms with Crippen LogP contribution in [-0.4, -0.2) is 35.5 Å². The van der Waals surface area contributed by atoms with Gasteiger partial charge in [0.2, 0.25) is 6.29 Å². The molecule has 2 N–H and O–H groups in total. The molecule has 1 aromatic carbocycles. The topological polar surface area (TPSA) is 101 Å². The maximum Gasteiger partial charge on any atom is 0.368 e. The lowest BCUT2D eigenvalue weighted by atomic mass is 10.2. The van der Waals surface area contributed by atoms with Crippen molar-refractivity contribution < 1.29 is 29.3 Å². The van der Waals surface area contributed by atoms with Crippen molar-refractivity contribution in [2.24, 2.45) is 0 Å². The minimum Gasteiger partial charge on any atom is -0.497 e. The third-order valence-corrected chi connectivity index (χ3v) is 1.44. The largest absolute Gasteiger partial charge is 0.497 e. The molecule has 0 saturated carbocycles. The summed E-state index contributed by atoms with van der Waals surface area (Å²) in [6.07, 6.45) is -0.167. The smallest absolute Gasteiger partial charge is 0.368 e. The van der Waals surface area contributed by atoms with Gasteiger partial charge in [-0.25, -0.2) is 9.59 Å². The van der Waals surface area contributed by atoms with Gasteiger partial charge in [0.1, 0.15) is 5.75 Å². The van der Waals surface area contributed by atoms with Crippen molar-refractivity contribution >= 4 is 18.2 Å². The van der Waals surface area contributed by atoms with Crippen LogP contribution in [0.4, 0.5) is 0 Å². The molecule has 0 aliphatic heterocycles. The van der Waals surface area contributed by atoms with Gasteiger partial charge in [0, 0.05) is 0 Å². The van der Waals surface area contributed by atoms with Crippen molar-refractivity contribution in [2.45, 2.75) is 0 Å². The molecular formula is C10H10O6. The van der Waals surface area contributed by atoms with Crippen molar-refractivity contribution in [3.05, 3.63) is 29.8 Å². The number of carboxylic acids is 2. The Balaban J connectivity index is 0.000000385. The van der Waals surface area contributed by atoms with Gasteiger partial charge < -0.3 is 14.9 Å². The number of aromatic carboxylic acids is 1. The summed E-state index contributed by atoms with van der Waals surface area (Å²) in [6.45, 7) is 0. The third-order valence-electron chi connectivity index (χ3n) is 1.44. The number of carbonyl (C=O) groups excluding carboxylic acids is 1. The normalized spacial score (nSPS) is 8.31. The standard InChI is InChI=1S/C8H8O3.C2H2O3/c1-11-7-4-2-6(3-5-7)8(9)10;3-1-2(4)5/h2-5H,1H3,(H,9,10);1H,(H,4,5). The molecule has 1 aromatic rings. The highest BCUT2D eigenvalue weighted by Gasteiger charge is 2.00. The van der Waals surface area contributed by atoms with Gasteiger partial charge in [0.25, 0.3) is 0 Å². The van der Waals surface area contributed by atoms with Gasteiger partial charge in [0.15, 0.2) is 0 Å². The van der Waals surface area contributed by atoms with Crippen molar-refractivity contribution in [1.82, 2.24) is 0 Å². The Morgan fingerprint density at radius 3 is 1.88 bits per heavy atom. The molecule has 0 saturated heterocycles. The van der Waals surface area contributed by atoms with Crippen LogP contribution in [0.3, 0.4) is 0 Å². The molecule has 0 aromatic heterocycles. The molecule has 0 bridgehead atoms. The van der Waals surface area contributed by atoms with E-state index in [-0.39, 0.29) is 11.8 Å². The highest BCUT2D eigenvalue weighted by Crippen LogP contribution is 2.10. The molecule has 0 heterocycles. The van der Waals surface area contributed by atoms with Gasteiger partial charge in [-0.2, -0.15) is 0 Å². The molecule has 0 unspecified atom stereocenters. The quantitative estimate of drug-likeness (QED) is 0.580. The van der Waals surface area contributed by atoms with E-state index in [4.69, 9.17) is 24.5 Å². The Bertz CT molecular complexity index is 367. The first-order chi connectivity index (χ1) is 7.51. The molecule has 1 rings (SSSR count). The highest BCUT2D eigenvalue weighted by molar-refractivity contribution is 6.19. The number of ether oxygens (including phenoxy) is 1. The van der Waals surface area contributed by atoms with E-state index in [1.807, 2.05) is 0 Å². The monoisotopic (exact) mass is 226 g/mol. The highest BCUT2D eigenvalue weighted by atomic mass is 16.5. The molecular weight excluding hydrogens is 216 g/mol. The fraction of sp³-hybridized carbons (Fsp3) is 0.100. The number of benzene rings is 1. The molecule has 0 amide bonds. The fourth-order valence-electron chi connectivity index (χ4n) is 0.734. The van der Waals surface area contributed by atoms with Crippen molar-refractivity contribution in [3.63, 3.8) is 0 Å². The van der Waals surface area contributed by atoms with Crippen LogP contribution >= 0.6 is 0 Å². The third kappa shape index (κ3) is 5.38. The first-order valence-corrected chi connectivity index (χ1v) is 4.06. The molecule has 86 valence electrons. The predicted octanol–water partition coefficient (Wildman–Crippen LogP) is 0.663. The Morgan fingerprint density at radius 1 is 1.19 bits per heavy atom. The van der Waals surface area contributed by atoms with E-state index in [1.165, 1.54) is 19.2 Å². The zero-order valence-corrected chi connectivity index (χ0v) is 8.41. The van der Waals surface area contributed by atoms with Crippen LogP contribution in [0.2, 0.25) is 0 Å². The van der Waals surface area contributed by atoms with E-state index >= 15 is 0 Å². The second-order valence-electron chi connectivity index (χ2n) is 2.49. The van der Waals surface area contributed by atoms with Crippen LogP contribution in [0.15, 0.2) is 24.3 Å². The lowest BCUT2D eigenvalue weighted by Crippen LogP contribution is -1.95. The van der Waals surface area contributed by atoms with Gasteiger partial charge in [0.05, 0.1) is 12.7 Å². The number of aliphatic carboxylic acids is 1. The van der Waals surface area contributed by atoms with Crippen LogP contribution in [0, 0.1) is 0 Å². The predicted molar refractivity (Wildman–Crippen MR) is 53.7 cm³/mol. The van der Waals surface area contributed by atoms with Crippen LogP contribution in [0.5, 0.6) is 5.75 Å². The van der Waals surface area contributed by atoms with Gasteiger partial charge in [-0.05, 0) is 24.3 Å². The Hall–Kier alpha value is -2.37. The first-order valence-electron chi connectivity index (χ1n) is 4.06. The van der Waals surface area contributed by atoms with Crippen molar-refractivity contribution in [2.75, 3.05) is 7.11 Å². The molecule has 6 heteroatoms. The summed E-state index contributed by atoms with van der Waals surface area (Å²) in [5.41, 5.74) is 0.269. The molecule has 0 aliphatic carbocycles. The van der Waals surface area contributed by atoms with E-state index < -0.39 is 11.9 Å². The average Bonchev–Trinajstić information content (AvgIpc) is 2.29. The summed E-state index contributed by atoms with van der Waals surface area (Å²) < 4.78 is 4.86. The molecule has 0 atom stereocenters. The molecule has 0 radical (unpaired) electrons. The minimum atomic E-state index is -1.43. The van der Waals surface area contributed by atoms with E-state index in [0.717, 1.165) is 0 Å². The number of carbonyl (C=O) groups is 3. The first kappa shape index (κ1) is 13.6. The lowest BCUT2D eigenvalue weighted by molar-refractivity contribution is -0.143. The zero-order chi connectivity index (χ0) is 12.6. The average molecular weight is 226 g/mol. The van der Waals surface area contributed by atoms with E-state index in [2.05, 4.69) is 0 Å². The second kappa shape index (κ2) is 6.99. The zero-order valence-electron chi connectivity index (χ0n) is 8.41. The number of aldehydes is 1. The van der Waals surface area contributed by atoms with E-state index in [1.54, 1.807) is 12.1 Å². The van der Waals surface area contributed by atoms with Crippen LogP contribution < -0.4 is 4.74 Å². The molecule has 0 spiro atoms. The molecule has 6 nitrogen and oxygen atoms in total. The molecule has 16 heavy (non-hydrogen) atoms. The van der Waals surface area contributed by atoms with Gasteiger partial charge >= 0.3 is 11.9 Å². The van der Waals surface area contributed by atoms with Crippen LogP contribution in [0.25, 0.3) is 0 Å². The van der Waals surface area contributed by atoms with Crippen molar-refractivity contribution in [3.8, 4) is 5.75 Å². The number of hydrogen-bond acceptors (Lipinski definition) is 4. The van der Waals surface area contributed by atoms with E-state index in [9.17, 15) is 4.79 Å². The second-order valence-corrected chi connectivity index (χ2v) is 2.49. The Morgan fingerprint density at radius 2 is 1.62 bits per heavy atom. The number of methoxy groups -OCH3 is 1. The minimum absolute atomic E-state index is 0.167. The molecule has 0 fully saturated rings. The summed E-state index contributed by atoms with van der Waals surface area (Å²) in [7, 11) is 1.54. The number of rotatable bonds is 3. The summed E-state index contributed by atoms with van der Waals surface area (Å²) in [6, 6.07) is 6.23. The fourth-order valence-corrected chi connectivity index (χ4v) is 0.734. The van der Waals surface area contributed by atoms with Crippen LogP contribution in [-0.2, 0) is 9.59 Å². The van der Waals surface area contributed by atoms with Crippen molar-refractivity contribution in [1.29, 1.82) is 0 Å². The summed E-state index contributed by atoms with van der Waals surface area (Å²) >= 11 is 0. The van der Waals surface area contributed by atoms with Gasteiger partial charge in [-0.15, -0.1) is 0 Å². The Kier molecular flexibility index (Phi) is 5.96. The summed E-state index contributed by atoms with van der Waals surface area (Å²) in [5, 5.41) is 15.9. The number of carboxylic acid groups (broad SMARTS) is 2. The van der Waals surface area contributed by atoms with Crippen LogP contribution in [0.1, 0.15) is 10.4 Å². The Labute approximate surface area is 91.1 Å². The SMILES string of the molecule is COc1ccc(C(=O)O)cc1.O=CC(=O)O. The summed E-state index contributed by atoms with van der Waals surface area (Å²) in [5.74, 6) is -1.69. The van der Waals surface area contributed by atoms with Gasteiger partial charge in [-0.1, -0.05) is 0 Å². The maximum atomic E-state index is 10.4. The number of hydrogen-bond donors (Lipinski definition) is 2. The lowest BCUT2D eigenvalue weighted by Gasteiger charge is -1.98. The maximum absolute atomic E-state index is 10.4.